The van der Waals surface area contributed by atoms with Crippen LogP contribution in [0.3, 0.4) is 0 Å². The molecule has 0 aromatic carbocycles. The van der Waals surface area contributed by atoms with Gasteiger partial charge in [-0.1, -0.05) is 19.4 Å². The Bertz CT molecular complexity index is 770. The number of carbonyl (C=O) groups excluding carboxylic acids is 2. The third-order valence-corrected chi connectivity index (χ3v) is 9.05. The lowest BCUT2D eigenvalue weighted by Gasteiger charge is -2.63. The molecule has 0 aliphatic heterocycles. The number of Topliss-reactive ketones (excluding diaryl/α,β-unsaturated/α-hetero) is 1. The molecule has 28 heavy (non-hydrogen) atoms. The van der Waals surface area contributed by atoms with Crippen molar-refractivity contribution in [1.82, 2.24) is 0 Å². The average molecular weight is 415 g/mol. The molecule has 5 nitrogen and oxygen atoms in total. The number of rotatable bonds is 2. The van der Waals surface area contributed by atoms with Gasteiger partial charge in [0.2, 0.25) is 0 Å². The molecule has 3 fully saturated rings. The van der Waals surface area contributed by atoms with E-state index < -0.39 is 57.8 Å². The van der Waals surface area contributed by atoms with Gasteiger partial charge in [0.15, 0.2) is 17.2 Å². The van der Waals surface area contributed by atoms with Gasteiger partial charge in [0.05, 0.1) is 18.1 Å². The van der Waals surface area contributed by atoms with E-state index in [1.54, 1.807) is 19.9 Å². The van der Waals surface area contributed by atoms with Crippen molar-refractivity contribution in [3.8, 4) is 0 Å². The summed E-state index contributed by atoms with van der Waals surface area (Å²) in [5, 5.41) is 33.0. The predicted octanol–water partition coefficient (Wildman–Crippen LogP) is 2.09. The molecule has 0 amide bonds. The van der Waals surface area contributed by atoms with Crippen LogP contribution in [0, 0.1) is 22.7 Å². The minimum absolute atomic E-state index is 0.0111. The molecule has 4 aliphatic carbocycles. The zero-order valence-corrected chi connectivity index (χ0v) is 17.0. The van der Waals surface area contributed by atoms with Crippen molar-refractivity contribution in [2.24, 2.45) is 22.7 Å². The fraction of sp³-hybridized carbons (Fsp3) is 0.810. The van der Waals surface area contributed by atoms with Crippen molar-refractivity contribution < 1.29 is 29.3 Å². The maximum Gasteiger partial charge on any atom is 0.182 e. The molecule has 156 valence electrons. The topological polar surface area (TPSA) is 94.8 Å². The smallest absolute Gasteiger partial charge is 0.182 e. The summed E-state index contributed by atoms with van der Waals surface area (Å²) >= 11 is 5.71. The Morgan fingerprint density at radius 1 is 1.25 bits per heavy atom. The molecule has 0 saturated heterocycles. The Hall–Kier alpha value is -0.820. The third-order valence-electron chi connectivity index (χ3n) is 8.81. The first-order chi connectivity index (χ1) is 13.0. The van der Waals surface area contributed by atoms with Crippen molar-refractivity contribution in [2.45, 2.75) is 75.9 Å². The Morgan fingerprint density at radius 3 is 2.57 bits per heavy atom. The number of allylic oxidation sites excluding steroid dienone is 1. The van der Waals surface area contributed by atoms with E-state index in [2.05, 4.69) is 0 Å². The normalized spacial score (nSPS) is 53.1. The summed E-state index contributed by atoms with van der Waals surface area (Å²) in [7, 11) is 0. The number of ketones is 2. The zero-order valence-electron chi connectivity index (χ0n) is 16.3. The number of hydrogen-bond donors (Lipinski definition) is 3. The number of hydrogen-bond acceptors (Lipinski definition) is 5. The van der Waals surface area contributed by atoms with Crippen LogP contribution in [0.2, 0.25) is 0 Å². The molecule has 1 unspecified atom stereocenters. The second kappa shape index (κ2) is 6.10. The van der Waals surface area contributed by atoms with Crippen LogP contribution in [0.15, 0.2) is 11.6 Å². The van der Waals surface area contributed by atoms with Crippen LogP contribution in [0.4, 0.5) is 4.39 Å². The second-order valence-electron chi connectivity index (χ2n) is 9.70. The molecular weight excluding hydrogens is 387 g/mol. The molecule has 4 rings (SSSR count). The van der Waals surface area contributed by atoms with Crippen LogP contribution in [-0.2, 0) is 9.59 Å². The van der Waals surface area contributed by atoms with Gasteiger partial charge < -0.3 is 15.3 Å². The van der Waals surface area contributed by atoms with Crippen LogP contribution < -0.4 is 0 Å². The van der Waals surface area contributed by atoms with E-state index in [9.17, 15) is 24.9 Å². The Kier molecular flexibility index (Phi) is 4.45. The largest absolute Gasteiger partial charge is 0.390 e. The van der Waals surface area contributed by atoms with E-state index in [4.69, 9.17) is 11.6 Å². The minimum Gasteiger partial charge on any atom is -0.390 e. The maximum absolute atomic E-state index is 16.9. The van der Waals surface area contributed by atoms with Gasteiger partial charge in [-0.2, -0.15) is 0 Å². The zero-order chi connectivity index (χ0) is 20.7. The summed E-state index contributed by atoms with van der Waals surface area (Å²) in [6.45, 7) is 3.45. The van der Waals surface area contributed by atoms with Crippen LogP contribution in [0.1, 0.15) is 52.4 Å². The highest BCUT2D eigenvalue weighted by molar-refractivity contribution is 6.29. The standard InChI is InChI=1S/C21H28ClFO5/c1-18-6-5-12(24)7-11(18)3-4-13-14-8-15(25)21(28,17(27)10-22)19(14,2)9-16(26)20(13,18)23/h7,13-16,25-26,28H,3-6,8-10H2,1-2H3/t13-,14-,15+,16-,18-,19-,20?,21-/m0/s1. The van der Waals surface area contributed by atoms with Crippen molar-refractivity contribution in [3.63, 3.8) is 0 Å². The van der Waals surface area contributed by atoms with E-state index in [0.29, 0.717) is 19.3 Å². The van der Waals surface area contributed by atoms with Gasteiger partial charge in [0, 0.05) is 23.2 Å². The first kappa shape index (κ1) is 20.5. The lowest BCUT2D eigenvalue weighted by Crippen LogP contribution is -2.70. The van der Waals surface area contributed by atoms with Crippen LogP contribution in [0.5, 0.6) is 0 Å². The number of alkyl halides is 2. The molecule has 0 aromatic rings. The van der Waals surface area contributed by atoms with Crippen molar-refractivity contribution in [3.05, 3.63) is 11.6 Å². The summed E-state index contributed by atoms with van der Waals surface area (Å²) in [6, 6.07) is 0. The first-order valence-corrected chi connectivity index (χ1v) is 10.6. The van der Waals surface area contributed by atoms with E-state index in [1.165, 1.54) is 0 Å². The SMILES string of the molecule is C[C@]12CCC(=O)C=C1CC[C@H]1[C@@H]3C[C@@H](O)[C@](O)(C(=O)CCl)[C@@]3(C)C[C@H](O)C12F. The van der Waals surface area contributed by atoms with Gasteiger partial charge in [-0.25, -0.2) is 4.39 Å². The molecule has 0 aromatic heterocycles. The quantitative estimate of drug-likeness (QED) is 0.601. The Balaban J connectivity index is 1.83. The Labute approximate surface area is 168 Å². The molecule has 0 bridgehead atoms. The summed E-state index contributed by atoms with van der Waals surface area (Å²) < 4.78 is 16.9. The van der Waals surface area contributed by atoms with E-state index in [0.717, 1.165) is 5.57 Å². The van der Waals surface area contributed by atoms with Gasteiger partial charge in [-0.15, -0.1) is 11.6 Å². The van der Waals surface area contributed by atoms with Gasteiger partial charge in [0.25, 0.3) is 0 Å². The molecule has 3 saturated carbocycles. The number of fused-ring (bicyclic) bond motifs is 5. The van der Waals surface area contributed by atoms with E-state index in [-0.39, 0.29) is 25.0 Å². The lowest BCUT2D eigenvalue weighted by molar-refractivity contribution is -0.229. The van der Waals surface area contributed by atoms with Crippen molar-refractivity contribution in [1.29, 1.82) is 0 Å². The van der Waals surface area contributed by atoms with Crippen LogP contribution >= 0.6 is 11.6 Å². The first-order valence-electron chi connectivity index (χ1n) is 10.1. The molecule has 0 heterocycles. The number of halogens is 2. The lowest BCUT2D eigenvalue weighted by atomic mass is 9.44. The summed E-state index contributed by atoms with van der Waals surface area (Å²) in [5.74, 6) is -2.24. The van der Waals surface area contributed by atoms with Crippen molar-refractivity contribution in [2.75, 3.05) is 5.88 Å². The predicted molar refractivity (Wildman–Crippen MR) is 101 cm³/mol. The van der Waals surface area contributed by atoms with Gasteiger partial charge in [-0.3, -0.25) is 9.59 Å². The maximum atomic E-state index is 16.9. The highest BCUT2D eigenvalue weighted by Crippen LogP contribution is 2.70. The number of aliphatic hydroxyl groups excluding tert-OH is 2. The van der Waals surface area contributed by atoms with Gasteiger partial charge in [0.1, 0.15) is 5.67 Å². The summed E-state index contributed by atoms with van der Waals surface area (Å²) in [4.78, 5) is 24.4. The van der Waals surface area contributed by atoms with Crippen LogP contribution in [0.25, 0.3) is 0 Å². The molecular formula is C21H28ClFO5. The molecule has 4 aliphatic rings. The average Bonchev–Trinajstić information content (AvgIpc) is 2.84. The molecule has 8 atom stereocenters. The van der Waals surface area contributed by atoms with Gasteiger partial charge >= 0.3 is 0 Å². The Morgan fingerprint density at radius 2 is 1.93 bits per heavy atom. The third kappa shape index (κ3) is 2.13. The molecule has 3 N–H and O–H groups in total. The van der Waals surface area contributed by atoms with E-state index >= 15 is 4.39 Å². The summed E-state index contributed by atoms with van der Waals surface area (Å²) in [5.41, 5.74) is -5.46. The minimum atomic E-state index is -2.10. The molecule has 0 radical (unpaired) electrons. The monoisotopic (exact) mass is 414 g/mol. The molecule has 0 spiro atoms. The van der Waals surface area contributed by atoms with Crippen LogP contribution in [-0.4, -0.2) is 56.2 Å². The number of carbonyl (C=O) groups is 2. The second-order valence-corrected chi connectivity index (χ2v) is 9.97. The highest BCUT2D eigenvalue weighted by atomic mass is 35.5. The fourth-order valence-corrected chi connectivity index (χ4v) is 7.39. The highest BCUT2D eigenvalue weighted by Gasteiger charge is 2.76. The number of aliphatic hydroxyl groups is 3. The van der Waals surface area contributed by atoms with E-state index in [1.807, 2.05) is 0 Å². The fourth-order valence-electron chi connectivity index (χ4n) is 7.19. The van der Waals surface area contributed by atoms with Crippen molar-refractivity contribution >= 4 is 23.2 Å². The molecule has 7 heteroatoms. The van der Waals surface area contributed by atoms with Gasteiger partial charge in [-0.05, 0) is 44.1 Å². The summed E-state index contributed by atoms with van der Waals surface area (Å²) in [6.07, 6.45) is 0.240.